The molecule has 1 aromatic carbocycles. The van der Waals surface area contributed by atoms with Crippen molar-refractivity contribution in [2.75, 3.05) is 26.2 Å². The van der Waals surface area contributed by atoms with E-state index in [1.165, 1.54) is 18.4 Å². The summed E-state index contributed by atoms with van der Waals surface area (Å²) in [5.41, 5.74) is 0.947. The first-order chi connectivity index (χ1) is 14.3. The number of amides is 1. The van der Waals surface area contributed by atoms with Crippen LogP contribution in [-0.4, -0.2) is 38.0 Å². The van der Waals surface area contributed by atoms with E-state index in [0.29, 0.717) is 50.7 Å². The monoisotopic (exact) mass is 552 g/mol. The van der Waals surface area contributed by atoms with E-state index in [9.17, 15) is 18.0 Å². The maximum Gasteiger partial charge on any atom is 0.416 e. The Hall–Kier alpha value is -2.24. The van der Waals surface area contributed by atoms with E-state index in [-0.39, 0.29) is 29.9 Å². The fourth-order valence-electron chi connectivity index (χ4n) is 2.68. The van der Waals surface area contributed by atoms with Crippen molar-refractivity contribution in [3.8, 4) is 0 Å². The van der Waals surface area contributed by atoms with Crippen LogP contribution in [0.1, 0.15) is 40.6 Å². The first-order valence-electron chi connectivity index (χ1n) is 9.82. The standard InChI is InChI=1S/C21H27F3N4O2.HI/c1-3-25-20(27-12-4-11-26-19(29)18-15(2)10-14-30-18)28-13-9-16-5-7-17(8-6-16)21(22,23)24;/h5-8,10,14H,3-4,9,11-13H2,1-2H3,(H,26,29)(H2,25,27,28);1H. The molecule has 3 N–H and O–H groups in total. The molecule has 1 aromatic heterocycles. The molecule has 0 unspecified atom stereocenters. The van der Waals surface area contributed by atoms with Gasteiger partial charge in [0.25, 0.3) is 5.91 Å². The summed E-state index contributed by atoms with van der Waals surface area (Å²) < 4.78 is 43.0. The molecule has 0 saturated carbocycles. The van der Waals surface area contributed by atoms with Crippen LogP contribution in [0.5, 0.6) is 0 Å². The third-order valence-electron chi connectivity index (χ3n) is 4.29. The SMILES string of the molecule is CCNC(=NCCCNC(=O)c1occc1C)NCCc1ccc(C(F)(F)F)cc1.I. The summed E-state index contributed by atoms with van der Waals surface area (Å²) in [5, 5.41) is 9.06. The van der Waals surface area contributed by atoms with Crippen LogP contribution < -0.4 is 16.0 Å². The third-order valence-corrected chi connectivity index (χ3v) is 4.29. The summed E-state index contributed by atoms with van der Waals surface area (Å²) in [6.45, 7) is 5.94. The van der Waals surface area contributed by atoms with Crippen LogP contribution in [0.2, 0.25) is 0 Å². The minimum atomic E-state index is -4.32. The zero-order valence-electron chi connectivity index (χ0n) is 17.5. The predicted molar refractivity (Wildman–Crippen MR) is 125 cm³/mol. The summed E-state index contributed by atoms with van der Waals surface area (Å²) in [7, 11) is 0. The molecule has 0 aliphatic rings. The molecule has 0 saturated heterocycles. The van der Waals surface area contributed by atoms with Crippen molar-refractivity contribution < 1.29 is 22.4 Å². The molecule has 1 heterocycles. The van der Waals surface area contributed by atoms with Crippen LogP contribution in [0.4, 0.5) is 13.2 Å². The van der Waals surface area contributed by atoms with Crippen LogP contribution in [0.3, 0.4) is 0 Å². The molecular formula is C21H28F3IN4O2. The van der Waals surface area contributed by atoms with E-state index in [1.807, 2.05) is 13.8 Å². The average molecular weight is 552 g/mol. The Kier molecular flexibility index (Phi) is 11.4. The van der Waals surface area contributed by atoms with Crippen LogP contribution in [-0.2, 0) is 12.6 Å². The second kappa shape index (κ2) is 13.2. The van der Waals surface area contributed by atoms with Crippen molar-refractivity contribution in [3.63, 3.8) is 0 Å². The number of hydrogen-bond acceptors (Lipinski definition) is 3. The number of rotatable bonds is 9. The highest BCUT2D eigenvalue weighted by Crippen LogP contribution is 2.29. The van der Waals surface area contributed by atoms with Gasteiger partial charge in [-0.2, -0.15) is 13.2 Å². The summed E-state index contributed by atoms with van der Waals surface area (Å²) in [5.74, 6) is 0.692. The van der Waals surface area contributed by atoms with E-state index >= 15 is 0 Å². The Labute approximate surface area is 197 Å². The topological polar surface area (TPSA) is 78.7 Å². The maximum atomic E-state index is 12.6. The van der Waals surface area contributed by atoms with Crippen molar-refractivity contribution in [1.82, 2.24) is 16.0 Å². The molecule has 2 aromatic rings. The van der Waals surface area contributed by atoms with Gasteiger partial charge in [0.15, 0.2) is 11.7 Å². The van der Waals surface area contributed by atoms with E-state index < -0.39 is 11.7 Å². The molecule has 31 heavy (non-hydrogen) atoms. The van der Waals surface area contributed by atoms with Gasteiger partial charge in [0, 0.05) is 31.7 Å². The van der Waals surface area contributed by atoms with Crippen molar-refractivity contribution in [1.29, 1.82) is 0 Å². The van der Waals surface area contributed by atoms with Gasteiger partial charge in [-0.3, -0.25) is 9.79 Å². The van der Waals surface area contributed by atoms with Gasteiger partial charge >= 0.3 is 6.18 Å². The normalized spacial score (nSPS) is 11.6. The molecule has 1 amide bonds. The Morgan fingerprint density at radius 2 is 1.77 bits per heavy atom. The van der Waals surface area contributed by atoms with Gasteiger partial charge in [-0.15, -0.1) is 24.0 Å². The number of aliphatic imine (C=N–C) groups is 1. The first-order valence-corrected chi connectivity index (χ1v) is 9.82. The molecule has 0 aliphatic heterocycles. The van der Waals surface area contributed by atoms with E-state index in [0.717, 1.165) is 23.3 Å². The van der Waals surface area contributed by atoms with E-state index in [1.54, 1.807) is 6.07 Å². The molecular weight excluding hydrogens is 524 g/mol. The third kappa shape index (κ3) is 9.19. The van der Waals surface area contributed by atoms with Gasteiger partial charge in [0.1, 0.15) is 0 Å². The van der Waals surface area contributed by atoms with E-state index in [4.69, 9.17) is 4.42 Å². The number of carbonyl (C=O) groups excluding carboxylic acids is 1. The lowest BCUT2D eigenvalue weighted by Gasteiger charge is -2.12. The highest BCUT2D eigenvalue weighted by Gasteiger charge is 2.29. The molecule has 0 spiro atoms. The van der Waals surface area contributed by atoms with Crippen LogP contribution in [0, 0.1) is 6.92 Å². The molecule has 6 nitrogen and oxygen atoms in total. The molecule has 0 aliphatic carbocycles. The van der Waals surface area contributed by atoms with Gasteiger partial charge in [-0.25, -0.2) is 0 Å². The number of guanidine groups is 1. The van der Waals surface area contributed by atoms with Gasteiger partial charge < -0.3 is 20.4 Å². The molecule has 0 atom stereocenters. The van der Waals surface area contributed by atoms with Gasteiger partial charge in [-0.1, -0.05) is 12.1 Å². The van der Waals surface area contributed by atoms with Crippen molar-refractivity contribution >= 4 is 35.8 Å². The Bertz CT molecular complexity index is 836. The second-order valence-electron chi connectivity index (χ2n) is 6.67. The lowest BCUT2D eigenvalue weighted by molar-refractivity contribution is -0.137. The highest BCUT2D eigenvalue weighted by atomic mass is 127. The number of hydrogen-bond donors (Lipinski definition) is 3. The lowest BCUT2D eigenvalue weighted by Crippen LogP contribution is -2.38. The van der Waals surface area contributed by atoms with Crippen LogP contribution in [0.15, 0.2) is 46.0 Å². The molecule has 172 valence electrons. The number of benzene rings is 1. The molecule has 0 fully saturated rings. The molecule has 10 heteroatoms. The second-order valence-corrected chi connectivity index (χ2v) is 6.67. The van der Waals surface area contributed by atoms with Crippen LogP contribution >= 0.6 is 24.0 Å². The lowest BCUT2D eigenvalue weighted by atomic mass is 10.1. The van der Waals surface area contributed by atoms with Gasteiger partial charge in [0.05, 0.1) is 11.8 Å². The van der Waals surface area contributed by atoms with Crippen molar-refractivity contribution in [2.45, 2.75) is 32.9 Å². The molecule has 2 rings (SSSR count). The Morgan fingerprint density at radius 3 is 2.35 bits per heavy atom. The summed E-state index contributed by atoms with van der Waals surface area (Å²) in [6.07, 6.45) is -1.62. The van der Waals surface area contributed by atoms with Crippen molar-refractivity contribution in [3.05, 3.63) is 59.0 Å². The Morgan fingerprint density at radius 1 is 1.06 bits per heavy atom. The number of alkyl halides is 3. The molecule has 0 radical (unpaired) electrons. The summed E-state index contributed by atoms with van der Waals surface area (Å²) >= 11 is 0. The van der Waals surface area contributed by atoms with E-state index in [2.05, 4.69) is 20.9 Å². The minimum absolute atomic E-state index is 0. The number of furan rings is 1. The summed E-state index contributed by atoms with van der Waals surface area (Å²) in [4.78, 5) is 16.4. The van der Waals surface area contributed by atoms with Gasteiger partial charge in [-0.05, 0) is 50.5 Å². The zero-order chi connectivity index (χ0) is 22.0. The number of halogens is 4. The highest BCUT2D eigenvalue weighted by molar-refractivity contribution is 14.0. The number of nitrogens with zero attached hydrogens (tertiary/aromatic N) is 1. The number of aryl methyl sites for hydroxylation is 1. The summed E-state index contributed by atoms with van der Waals surface area (Å²) in [6, 6.07) is 6.88. The van der Waals surface area contributed by atoms with Crippen LogP contribution in [0.25, 0.3) is 0 Å². The maximum absolute atomic E-state index is 12.6. The number of nitrogens with one attached hydrogen (secondary N) is 3. The smallest absolute Gasteiger partial charge is 0.416 e. The average Bonchev–Trinajstić information content (AvgIpc) is 3.13. The zero-order valence-corrected chi connectivity index (χ0v) is 19.8. The van der Waals surface area contributed by atoms with Gasteiger partial charge in [0.2, 0.25) is 0 Å². The fraction of sp³-hybridized carbons (Fsp3) is 0.429. The number of carbonyl (C=O) groups is 1. The Balaban J connectivity index is 0.00000480. The minimum Gasteiger partial charge on any atom is -0.459 e. The van der Waals surface area contributed by atoms with Crippen molar-refractivity contribution in [2.24, 2.45) is 4.99 Å². The molecule has 0 bridgehead atoms. The fourth-order valence-corrected chi connectivity index (χ4v) is 2.68. The largest absolute Gasteiger partial charge is 0.459 e. The predicted octanol–water partition coefficient (Wildman–Crippen LogP) is 4.14. The first kappa shape index (κ1) is 26.8. The quantitative estimate of drug-likeness (QED) is 0.189.